The fourth-order valence-electron chi connectivity index (χ4n) is 2.83. The fraction of sp³-hybridized carbons (Fsp3) is 0.0909. The number of carbonyl (C=O) groups excluding carboxylic acids is 1. The maximum absolute atomic E-state index is 12.7. The molecule has 0 bridgehead atoms. The summed E-state index contributed by atoms with van der Waals surface area (Å²) in [6.07, 6.45) is 2.41. The molecule has 8 heteroatoms. The van der Waals surface area contributed by atoms with E-state index in [1.165, 1.54) is 22.7 Å². The molecule has 0 aliphatic heterocycles. The van der Waals surface area contributed by atoms with Crippen molar-refractivity contribution in [1.82, 2.24) is 5.43 Å². The molecule has 0 spiro atoms. The minimum absolute atomic E-state index is 0.0296. The van der Waals surface area contributed by atoms with Crippen LogP contribution < -0.4 is 9.73 Å². The average molecular weight is 423 g/mol. The van der Waals surface area contributed by atoms with Crippen LogP contribution in [0.4, 0.5) is 5.69 Å². The normalized spacial score (nSPS) is 11.4. The van der Waals surface area contributed by atoms with E-state index in [9.17, 15) is 18.3 Å². The Morgan fingerprint density at radius 1 is 1.00 bits per heavy atom. The lowest BCUT2D eigenvalue weighted by molar-refractivity contribution is 0.0955. The summed E-state index contributed by atoms with van der Waals surface area (Å²) in [5.74, 6) is -0.541. The first-order valence-corrected chi connectivity index (χ1v) is 10.9. The summed E-state index contributed by atoms with van der Waals surface area (Å²) in [6.45, 7) is 0.0884. The van der Waals surface area contributed by atoms with E-state index in [1.54, 1.807) is 36.4 Å². The lowest BCUT2D eigenvalue weighted by Gasteiger charge is -2.24. The van der Waals surface area contributed by atoms with E-state index >= 15 is 0 Å². The molecule has 0 atom stereocenters. The third-order valence-electron chi connectivity index (χ3n) is 4.29. The first-order chi connectivity index (χ1) is 14.4. The minimum atomic E-state index is -3.66. The van der Waals surface area contributed by atoms with Gasteiger partial charge in [0, 0.05) is 5.56 Å². The first-order valence-electron chi connectivity index (χ1n) is 9.08. The van der Waals surface area contributed by atoms with Crippen molar-refractivity contribution in [3.63, 3.8) is 0 Å². The summed E-state index contributed by atoms with van der Waals surface area (Å²) in [6, 6.07) is 22.1. The van der Waals surface area contributed by atoms with Crippen molar-refractivity contribution in [2.75, 3.05) is 10.6 Å². The third-order valence-corrected chi connectivity index (χ3v) is 5.42. The van der Waals surface area contributed by atoms with Gasteiger partial charge in [-0.3, -0.25) is 9.10 Å². The number of hydrazone groups is 1. The Bertz CT molecular complexity index is 1160. The standard InChI is InChI=1S/C22H21N3O4S/c1-30(28,29)25(16-17-9-3-2-4-10-17)20-13-7-6-12-19(20)22(27)24-23-15-18-11-5-8-14-21(18)26/h2-15,26H,16H2,1H3,(H,24,27). The number of hydrogen-bond acceptors (Lipinski definition) is 5. The van der Waals surface area contributed by atoms with Gasteiger partial charge in [0.05, 0.1) is 30.3 Å². The number of anilines is 1. The van der Waals surface area contributed by atoms with Crippen LogP contribution in [0.15, 0.2) is 84.0 Å². The molecule has 0 heterocycles. The van der Waals surface area contributed by atoms with Crippen molar-refractivity contribution in [3.8, 4) is 5.75 Å². The summed E-state index contributed by atoms with van der Waals surface area (Å²) in [5, 5.41) is 13.6. The number of nitrogens with one attached hydrogen (secondary N) is 1. The van der Waals surface area contributed by atoms with Crippen molar-refractivity contribution in [2.24, 2.45) is 5.10 Å². The predicted molar refractivity (Wildman–Crippen MR) is 117 cm³/mol. The highest BCUT2D eigenvalue weighted by molar-refractivity contribution is 7.92. The van der Waals surface area contributed by atoms with Crippen LogP contribution in [0.3, 0.4) is 0 Å². The van der Waals surface area contributed by atoms with Crippen molar-refractivity contribution < 1.29 is 18.3 Å². The van der Waals surface area contributed by atoms with E-state index in [2.05, 4.69) is 10.5 Å². The number of nitrogens with zero attached hydrogens (tertiary/aromatic N) is 2. The summed E-state index contributed by atoms with van der Waals surface area (Å²) in [5.41, 5.74) is 4.02. The van der Waals surface area contributed by atoms with Crippen LogP contribution in [0.25, 0.3) is 0 Å². The number of aromatic hydroxyl groups is 1. The lowest BCUT2D eigenvalue weighted by atomic mass is 10.1. The summed E-state index contributed by atoms with van der Waals surface area (Å²) >= 11 is 0. The number of carbonyl (C=O) groups is 1. The van der Waals surface area contributed by atoms with Gasteiger partial charge >= 0.3 is 0 Å². The maximum Gasteiger partial charge on any atom is 0.273 e. The number of amides is 1. The smallest absolute Gasteiger partial charge is 0.273 e. The molecule has 0 aliphatic carbocycles. The molecule has 0 unspecified atom stereocenters. The monoisotopic (exact) mass is 423 g/mol. The molecule has 1 amide bonds. The highest BCUT2D eigenvalue weighted by Crippen LogP contribution is 2.25. The SMILES string of the molecule is CS(=O)(=O)N(Cc1ccccc1)c1ccccc1C(=O)NN=Cc1ccccc1O. The van der Waals surface area contributed by atoms with Gasteiger partial charge in [-0.15, -0.1) is 0 Å². The van der Waals surface area contributed by atoms with Crippen molar-refractivity contribution in [1.29, 1.82) is 0 Å². The van der Waals surface area contributed by atoms with Crippen molar-refractivity contribution in [3.05, 3.63) is 95.6 Å². The van der Waals surface area contributed by atoms with Crippen molar-refractivity contribution in [2.45, 2.75) is 6.54 Å². The number of sulfonamides is 1. The molecule has 0 aliphatic rings. The van der Waals surface area contributed by atoms with E-state index in [1.807, 2.05) is 30.3 Å². The van der Waals surface area contributed by atoms with Gasteiger partial charge < -0.3 is 5.11 Å². The van der Waals surface area contributed by atoms with E-state index in [0.717, 1.165) is 11.8 Å². The van der Waals surface area contributed by atoms with Crippen LogP contribution >= 0.6 is 0 Å². The van der Waals surface area contributed by atoms with Crippen LogP contribution in [-0.2, 0) is 16.6 Å². The van der Waals surface area contributed by atoms with Gasteiger partial charge in [-0.1, -0.05) is 54.6 Å². The number of phenolic OH excluding ortho intramolecular Hbond substituents is 1. The van der Waals surface area contributed by atoms with Gasteiger partial charge in [-0.25, -0.2) is 13.8 Å². The Kier molecular flexibility index (Phi) is 6.48. The zero-order valence-electron chi connectivity index (χ0n) is 16.3. The van der Waals surface area contributed by atoms with Crippen LogP contribution in [0.5, 0.6) is 5.75 Å². The highest BCUT2D eigenvalue weighted by Gasteiger charge is 2.23. The quantitative estimate of drug-likeness (QED) is 0.451. The number of benzene rings is 3. The summed E-state index contributed by atoms with van der Waals surface area (Å²) < 4.78 is 26.2. The van der Waals surface area contributed by atoms with Crippen LogP contribution in [0, 0.1) is 0 Å². The molecule has 0 aromatic heterocycles. The number of hydrogen-bond donors (Lipinski definition) is 2. The lowest BCUT2D eigenvalue weighted by Crippen LogP contribution is -2.32. The second-order valence-corrected chi connectivity index (χ2v) is 8.44. The van der Waals surface area contributed by atoms with E-state index in [-0.39, 0.29) is 23.5 Å². The Morgan fingerprint density at radius 2 is 1.63 bits per heavy atom. The van der Waals surface area contributed by atoms with Gasteiger partial charge in [0.2, 0.25) is 10.0 Å². The zero-order valence-corrected chi connectivity index (χ0v) is 17.1. The molecule has 154 valence electrons. The molecule has 30 heavy (non-hydrogen) atoms. The number of para-hydroxylation sites is 2. The molecule has 0 saturated heterocycles. The Balaban J connectivity index is 1.87. The van der Waals surface area contributed by atoms with Gasteiger partial charge in [0.15, 0.2) is 0 Å². The Hall–Kier alpha value is -3.65. The number of rotatable bonds is 7. The van der Waals surface area contributed by atoms with E-state index < -0.39 is 15.9 Å². The molecule has 0 radical (unpaired) electrons. The molecule has 3 rings (SSSR count). The largest absolute Gasteiger partial charge is 0.507 e. The van der Waals surface area contributed by atoms with Crippen LogP contribution in [0.1, 0.15) is 21.5 Å². The fourth-order valence-corrected chi connectivity index (χ4v) is 3.73. The molecule has 0 fully saturated rings. The third kappa shape index (κ3) is 5.24. The molecule has 0 saturated carbocycles. The van der Waals surface area contributed by atoms with Gasteiger partial charge in [-0.05, 0) is 29.8 Å². The molecule has 3 aromatic carbocycles. The van der Waals surface area contributed by atoms with Gasteiger partial charge in [0.1, 0.15) is 5.75 Å². The Morgan fingerprint density at radius 3 is 2.33 bits per heavy atom. The molecule has 7 nitrogen and oxygen atoms in total. The summed E-state index contributed by atoms with van der Waals surface area (Å²) in [4.78, 5) is 12.7. The second-order valence-electron chi connectivity index (χ2n) is 6.53. The van der Waals surface area contributed by atoms with E-state index in [0.29, 0.717) is 5.56 Å². The average Bonchev–Trinajstić information content (AvgIpc) is 2.73. The number of phenols is 1. The molecule has 2 N–H and O–H groups in total. The summed E-state index contributed by atoms with van der Waals surface area (Å²) in [7, 11) is -3.66. The minimum Gasteiger partial charge on any atom is -0.507 e. The first kappa shape index (κ1) is 21.1. The van der Waals surface area contributed by atoms with Crippen LogP contribution in [0.2, 0.25) is 0 Å². The van der Waals surface area contributed by atoms with Crippen molar-refractivity contribution >= 4 is 27.8 Å². The predicted octanol–water partition coefficient (Wildman–Crippen LogP) is 3.12. The second kappa shape index (κ2) is 9.23. The maximum atomic E-state index is 12.7. The molecular formula is C22H21N3O4S. The Labute approximate surface area is 175 Å². The van der Waals surface area contributed by atoms with E-state index in [4.69, 9.17) is 0 Å². The van der Waals surface area contributed by atoms with Gasteiger partial charge in [0.25, 0.3) is 5.91 Å². The topological polar surface area (TPSA) is 99.1 Å². The highest BCUT2D eigenvalue weighted by atomic mass is 32.2. The van der Waals surface area contributed by atoms with Gasteiger partial charge in [-0.2, -0.15) is 5.10 Å². The zero-order chi connectivity index (χ0) is 21.6. The van der Waals surface area contributed by atoms with Crippen LogP contribution in [-0.4, -0.2) is 31.9 Å². The molecule has 3 aromatic rings. The molecular weight excluding hydrogens is 402 g/mol.